The molecule has 0 radical (unpaired) electrons. The molecule has 0 aromatic rings. The van der Waals surface area contributed by atoms with Gasteiger partial charge >= 0.3 is 0 Å². The highest BCUT2D eigenvalue weighted by Crippen LogP contribution is 2.36. The van der Waals surface area contributed by atoms with Crippen LogP contribution in [0.4, 0.5) is 0 Å². The first kappa shape index (κ1) is 11.2. The maximum atomic E-state index is 5.29. The summed E-state index contributed by atoms with van der Waals surface area (Å²) in [6, 6.07) is 0. The number of ether oxygens (including phenoxy) is 2. The second kappa shape index (κ2) is 4.58. The molecule has 1 unspecified atom stereocenters. The van der Waals surface area contributed by atoms with E-state index in [1.165, 1.54) is 5.57 Å². The minimum absolute atomic E-state index is 0.219. The van der Waals surface area contributed by atoms with E-state index >= 15 is 0 Å². The molecule has 1 atom stereocenters. The molecule has 0 bridgehead atoms. The zero-order chi connectivity index (χ0) is 10.6. The molecule has 2 heteroatoms. The second-order valence-electron chi connectivity index (χ2n) is 3.61. The quantitative estimate of drug-likeness (QED) is 0.506. The van der Waals surface area contributed by atoms with Crippen LogP contribution in [0.5, 0.6) is 0 Å². The molecule has 2 nitrogen and oxygen atoms in total. The van der Waals surface area contributed by atoms with Crippen LogP contribution < -0.4 is 0 Å². The molecule has 78 valence electrons. The Morgan fingerprint density at radius 2 is 2.14 bits per heavy atom. The van der Waals surface area contributed by atoms with Gasteiger partial charge in [-0.05, 0) is 13.3 Å². The minimum atomic E-state index is -0.263. The number of rotatable bonds is 4. The normalized spacial score (nSPS) is 26.4. The van der Waals surface area contributed by atoms with Crippen molar-refractivity contribution >= 4 is 0 Å². The zero-order valence-corrected chi connectivity index (χ0v) is 9.12. The molecule has 0 aromatic carbocycles. The standard InChI is InChI=1S/C12H18O2/c1-5-12(11(13-3)14-4)8-6-10(2)7-9-12/h5-8,11H,1,9H2,2-4H3. The third kappa shape index (κ3) is 1.97. The number of allylic oxidation sites excluding steroid dienone is 3. The molecular formula is C12H18O2. The first-order valence-corrected chi connectivity index (χ1v) is 4.73. The van der Waals surface area contributed by atoms with Gasteiger partial charge in [0, 0.05) is 14.2 Å². The monoisotopic (exact) mass is 194 g/mol. The van der Waals surface area contributed by atoms with E-state index in [1.807, 2.05) is 6.08 Å². The summed E-state index contributed by atoms with van der Waals surface area (Å²) in [6.45, 7) is 5.94. The van der Waals surface area contributed by atoms with Crippen molar-refractivity contribution in [1.29, 1.82) is 0 Å². The molecule has 0 aliphatic heterocycles. The molecule has 0 spiro atoms. The number of hydrogen-bond donors (Lipinski definition) is 0. The highest BCUT2D eigenvalue weighted by Gasteiger charge is 2.34. The molecule has 0 aromatic heterocycles. The fourth-order valence-corrected chi connectivity index (χ4v) is 1.72. The smallest absolute Gasteiger partial charge is 0.169 e. The number of methoxy groups -OCH3 is 2. The number of hydrogen-bond acceptors (Lipinski definition) is 2. The van der Waals surface area contributed by atoms with Gasteiger partial charge in [-0.1, -0.05) is 29.9 Å². The van der Waals surface area contributed by atoms with Crippen molar-refractivity contribution in [2.24, 2.45) is 5.41 Å². The fraction of sp³-hybridized carbons (Fsp3) is 0.500. The van der Waals surface area contributed by atoms with Gasteiger partial charge in [-0.3, -0.25) is 0 Å². The van der Waals surface area contributed by atoms with E-state index in [1.54, 1.807) is 14.2 Å². The summed E-state index contributed by atoms with van der Waals surface area (Å²) in [7, 11) is 3.30. The molecule has 0 amide bonds. The average molecular weight is 194 g/mol. The van der Waals surface area contributed by atoms with Crippen LogP contribution in [0, 0.1) is 5.41 Å². The summed E-state index contributed by atoms with van der Waals surface area (Å²) in [4.78, 5) is 0. The van der Waals surface area contributed by atoms with Crippen molar-refractivity contribution < 1.29 is 9.47 Å². The van der Waals surface area contributed by atoms with Gasteiger partial charge in [0.05, 0.1) is 5.41 Å². The SMILES string of the molecule is C=CC1(C(OC)OC)C=CC(C)=CC1. The Balaban J connectivity index is 2.89. The summed E-state index contributed by atoms with van der Waals surface area (Å²) in [6.07, 6.45) is 8.87. The average Bonchev–Trinajstić information content (AvgIpc) is 2.23. The summed E-state index contributed by atoms with van der Waals surface area (Å²) in [5, 5.41) is 0. The lowest BCUT2D eigenvalue weighted by atomic mass is 9.79. The van der Waals surface area contributed by atoms with Gasteiger partial charge in [-0.15, -0.1) is 6.58 Å². The summed E-state index contributed by atoms with van der Waals surface area (Å²) < 4.78 is 10.6. The van der Waals surface area contributed by atoms with E-state index in [2.05, 4.69) is 31.7 Å². The zero-order valence-electron chi connectivity index (χ0n) is 9.12. The topological polar surface area (TPSA) is 18.5 Å². The first-order valence-electron chi connectivity index (χ1n) is 4.73. The maximum absolute atomic E-state index is 5.29. The molecule has 1 aliphatic carbocycles. The van der Waals surface area contributed by atoms with Crippen LogP contribution in [-0.4, -0.2) is 20.5 Å². The third-order valence-corrected chi connectivity index (χ3v) is 2.68. The molecule has 0 N–H and O–H groups in total. The minimum Gasteiger partial charge on any atom is -0.355 e. The molecule has 0 saturated heterocycles. The fourth-order valence-electron chi connectivity index (χ4n) is 1.72. The van der Waals surface area contributed by atoms with Gasteiger partial charge in [0.2, 0.25) is 0 Å². The predicted molar refractivity (Wildman–Crippen MR) is 58.0 cm³/mol. The van der Waals surface area contributed by atoms with Crippen molar-refractivity contribution in [3.05, 3.63) is 36.5 Å². The molecule has 0 heterocycles. The van der Waals surface area contributed by atoms with Gasteiger partial charge in [0.1, 0.15) is 0 Å². The third-order valence-electron chi connectivity index (χ3n) is 2.68. The van der Waals surface area contributed by atoms with Crippen molar-refractivity contribution in [2.75, 3.05) is 14.2 Å². The Morgan fingerprint density at radius 3 is 2.50 bits per heavy atom. The molecule has 1 aliphatic rings. The van der Waals surface area contributed by atoms with E-state index < -0.39 is 0 Å². The van der Waals surface area contributed by atoms with E-state index in [9.17, 15) is 0 Å². The van der Waals surface area contributed by atoms with E-state index in [4.69, 9.17) is 9.47 Å². The molecule has 14 heavy (non-hydrogen) atoms. The highest BCUT2D eigenvalue weighted by atomic mass is 16.7. The van der Waals surface area contributed by atoms with Crippen molar-refractivity contribution in [2.45, 2.75) is 19.6 Å². The lowest BCUT2D eigenvalue weighted by molar-refractivity contribution is -0.148. The van der Waals surface area contributed by atoms with Crippen molar-refractivity contribution in [1.82, 2.24) is 0 Å². The van der Waals surface area contributed by atoms with Gasteiger partial charge in [-0.2, -0.15) is 0 Å². The highest BCUT2D eigenvalue weighted by molar-refractivity contribution is 5.28. The van der Waals surface area contributed by atoms with Crippen LogP contribution in [0.1, 0.15) is 13.3 Å². The van der Waals surface area contributed by atoms with E-state index in [0.717, 1.165) is 6.42 Å². The Kier molecular flexibility index (Phi) is 3.67. The lowest BCUT2D eigenvalue weighted by Gasteiger charge is -2.34. The molecular weight excluding hydrogens is 176 g/mol. The molecule has 0 saturated carbocycles. The van der Waals surface area contributed by atoms with Crippen LogP contribution >= 0.6 is 0 Å². The van der Waals surface area contributed by atoms with Gasteiger partial charge < -0.3 is 9.47 Å². The predicted octanol–water partition coefficient (Wildman–Crippen LogP) is 2.68. The van der Waals surface area contributed by atoms with Crippen LogP contribution in [0.15, 0.2) is 36.5 Å². The Bertz CT molecular complexity index is 261. The Morgan fingerprint density at radius 1 is 1.50 bits per heavy atom. The van der Waals surface area contributed by atoms with E-state index in [0.29, 0.717) is 0 Å². The van der Waals surface area contributed by atoms with Crippen molar-refractivity contribution in [3.8, 4) is 0 Å². The molecule has 1 rings (SSSR count). The van der Waals surface area contributed by atoms with Gasteiger partial charge in [0.25, 0.3) is 0 Å². The van der Waals surface area contributed by atoms with Gasteiger partial charge in [0.15, 0.2) is 6.29 Å². The Hall–Kier alpha value is -0.860. The van der Waals surface area contributed by atoms with E-state index in [-0.39, 0.29) is 11.7 Å². The van der Waals surface area contributed by atoms with Crippen LogP contribution in [-0.2, 0) is 9.47 Å². The summed E-state index contributed by atoms with van der Waals surface area (Å²) >= 11 is 0. The summed E-state index contributed by atoms with van der Waals surface area (Å²) in [5.74, 6) is 0. The lowest BCUT2D eigenvalue weighted by Crippen LogP contribution is -2.35. The largest absolute Gasteiger partial charge is 0.355 e. The first-order chi connectivity index (χ1) is 6.68. The second-order valence-corrected chi connectivity index (χ2v) is 3.61. The maximum Gasteiger partial charge on any atom is 0.169 e. The molecule has 0 fully saturated rings. The Labute approximate surface area is 85.9 Å². The van der Waals surface area contributed by atoms with Gasteiger partial charge in [-0.25, -0.2) is 0 Å². The van der Waals surface area contributed by atoms with Crippen LogP contribution in [0.3, 0.4) is 0 Å². The van der Waals surface area contributed by atoms with Crippen LogP contribution in [0.25, 0.3) is 0 Å². The van der Waals surface area contributed by atoms with Crippen LogP contribution in [0.2, 0.25) is 0 Å². The summed E-state index contributed by atoms with van der Waals surface area (Å²) in [5.41, 5.74) is 1.05. The van der Waals surface area contributed by atoms with Crippen molar-refractivity contribution in [3.63, 3.8) is 0 Å².